The number of piperazine rings is 1. The zero-order chi connectivity index (χ0) is 48.9. The number of benzene rings is 3. The van der Waals surface area contributed by atoms with Crippen molar-refractivity contribution < 1.29 is 23.7 Å². The molecule has 7 heterocycles. The Hall–Kier alpha value is -5.41. The molecule has 10 rings (SSSR count). The van der Waals surface area contributed by atoms with E-state index >= 15 is 0 Å². The second kappa shape index (κ2) is 19.7. The normalized spacial score (nSPS) is 20.8. The summed E-state index contributed by atoms with van der Waals surface area (Å²) in [5, 5.41) is 11.2. The molecule has 3 N–H and O–H groups in total. The molecule has 0 bridgehead atoms. The third kappa shape index (κ3) is 9.21. The van der Waals surface area contributed by atoms with Crippen molar-refractivity contribution in [2.45, 2.75) is 96.6 Å². The van der Waals surface area contributed by atoms with Gasteiger partial charge in [0.2, 0.25) is 23.7 Å². The van der Waals surface area contributed by atoms with Crippen molar-refractivity contribution in [3.8, 4) is 5.75 Å². The molecule has 15 nitrogen and oxygen atoms in total. The van der Waals surface area contributed by atoms with Crippen molar-refractivity contribution in [3.63, 3.8) is 0 Å². The van der Waals surface area contributed by atoms with Crippen LogP contribution in [-0.2, 0) is 37.2 Å². The van der Waals surface area contributed by atoms with E-state index in [1.165, 1.54) is 11.3 Å². The predicted octanol–water partition coefficient (Wildman–Crippen LogP) is 8.19. The van der Waals surface area contributed by atoms with Crippen LogP contribution in [0.5, 0.6) is 5.75 Å². The van der Waals surface area contributed by atoms with Gasteiger partial charge in [0.1, 0.15) is 24.8 Å². The minimum Gasteiger partial charge on any atom is -0.494 e. The molecule has 5 aliphatic heterocycles. The second-order valence-corrected chi connectivity index (χ2v) is 24.1. The Balaban J connectivity index is 0.765. The molecule has 0 aliphatic carbocycles. The molecular formula is C53H64BrN10O5P. The highest BCUT2D eigenvalue weighted by Crippen LogP contribution is 2.54. The second-order valence-electron chi connectivity index (χ2n) is 20.1. The lowest BCUT2D eigenvalue weighted by Crippen LogP contribution is -2.55. The number of methoxy groups -OCH3 is 1. The van der Waals surface area contributed by atoms with Crippen molar-refractivity contribution in [1.82, 2.24) is 30.1 Å². The average molecular weight is 1030 g/mol. The van der Waals surface area contributed by atoms with Crippen LogP contribution in [0, 0.1) is 6.92 Å². The van der Waals surface area contributed by atoms with E-state index < -0.39 is 24.5 Å². The van der Waals surface area contributed by atoms with Crippen LogP contribution in [0.1, 0.15) is 81.7 Å². The van der Waals surface area contributed by atoms with Gasteiger partial charge in [-0.2, -0.15) is 4.98 Å². The minimum atomic E-state index is -2.64. The summed E-state index contributed by atoms with van der Waals surface area (Å²) in [6.45, 7) is 14.9. The highest BCUT2D eigenvalue weighted by atomic mass is 79.9. The topological polar surface area (TPSA) is 165 Å². The van der Waals surface area contributed by atoms with Gasteiger partial charge in [0.05, 0.1) is 33.9 Å². The first kappa shape index (κ1) is 48.2. The van der Waals surface area contributed by atoms with E-state index in [1.54, 1.807) is 18.2 Å². The third-order valence-electron chi connectivity index (χ3n) is 15.4. The Labute approximate surface area is 419 Å². The molecule has 4 saturated heterocycles. The highest BCUT2D eigenvalue weighted by molar-refractivity contribution is 9.10. The van der Waals surface area contributed by atoms with Gasteiger partial charge in [0.25, 0.3) is 0 Å². The van der Waals surface area contributed by atoms with Crippen molar-refractivity contribution in [3.05, 3.63) is 87.7 Å². The maximum Gasteiger partial charge on any atom is 0.249 e. The summed E-state index contributed by atoms with van der Waals surface area (Å²) in [5.74, 6) is 0.934. The molecule has 0 spiro atoms. The number of halogens is 1. The quantitative estimate of drug-likeness (QED) is 0.0765. The number of hydrogen-bond acceptors (Lipinski definition) is 13. The number of amides is 3. The number of nitrogens with one attached hydrogen (secondary N) is 3. The van der Waals surface area contributed by atoms with E-state index in [1.807, 2.05) is 51.1 Å². The van der Waals surface area contributed by atoms with Crippen LogP contribution in [0.3, 0.4) is 0 Å². The first-order valence-electron chi connectivity index (χ1n) is 25.0. The molecule has 3 aromatic carbocycles. The van der Waals surface area contributed by atoms with Crippen LogP contribution < -0.4 is 35.8 Å². The van der Waals surface area contributed by atoms with Crippen molar-refractivity contribution in [1.29, 1.82) is 0 Å². The number of pyridine rings is 1. The molecule has 2 aromatic heterocycles. The lowest BCUT2D eigenvalue weighted by atomic mass is 9.82. The van der Waals surface area contributed by atoms with Crippen LogP contribution >= 0.6 is 23.1 Å². The number of hydrogen-bond donors (Lipinski definition) is 3. The summed E-state index contributed by atoms with van der Waals surface area (Å²) < 4.78 is 21.2. The number of aryl methyl sites for hydroxylation is 2. The lowest BCUT2D eigenvalue weighted by Gasteiger charge is -2.43. The third-order valence-corrected chi connectivity index (χ3v) is 19.4. The van der Waals surface area contributed by atoms with Gasteiger partial charge in [-0.05, 0) is 129 Å². The number of nitrogens with zero attached hydrogens (tertiary/aromatic N) is 7. The summed E-state index contributed by atoms with van der Waals surface area (Å²) in [7, 11) is -0.937. The maximum absolute atomic E-state index is 14.5. The fourth-order valence-corrected chi connectivity index (χ4v) is 15.3. The van der Waals surface area contributed by atoms with Crippen molar-refractivity contribution in [2.24, 2.45) is 0 Å². The van der Waals surface area contributed by atoms with Gasteiger partial charge < -0.3 is 29.7 Å². The Morgan fingerprint density at radius 2 is 1.66 bits per heavy atom. The van der Waals surface area contributed by atoms with Gasteiger partial charge in [0.15, 0.2) is 0 Å². The number of carbonyl (C=O) groups excluding carboxylic acids is 3. The number of ether oxygens (including phenoxy) is 1. The molecule has 5 aromatic rings. The number of anilines is 6. The molecule has 1 atom stereocenters. The van der Waals surface area contributed by atoms with Crippen molar-refractivity contribution >= 4 is 91.5 Å². The van der Waals surface area contributed by atoms with E-state index in [-0.39, 0.29) is 18.2 Å². The van der Waals surface area contributed by atoms with Crippen LogP contribution in [0.25, 0.3) is 10.9 Å². The zero-order valence-electron chi connectivity index (χ0n) is 40.9. The first-order valence-corrected chi connectivity index (χ1v) is 27.9. The summed E-state index contributed by atoms with van der Waals surface area (Å²) in [6, 6.07) is 18.3. The van der Waals surface area contributed by atoms with Crippen LogP contribution in [-0.4, -0.2) is 120 Å². The van der Waals surface area contributed by atoms with Crippen LogP contribution in [0.15, 0.2) is 65.3 Å². The number of rotatable bonds is 13. The van der Waals surface area contributed by atoms with Gasteiger partial charge in [-0.3, -0.25) is 34.5 Å². The first-order chi connectivity index (χ1) is 33.7. The zero-order valence-corrected chi connectivity index (χ0v) is 43.4. The van der Waals surface area contributed by atoms with Crippen molar-refractivity contribution in [2.75, 3.05) is 85.7 Å². The van der Waals surface area contributed by atoms with E-state index in [4.69, 9.17) is 14.7 Å². The van der Waals surface area contributed by atoms with Gasteiger partial charge in [-0.25, -0.2) is 4.98 Å². The molecule has 70 heavy (non-hydrogen) atoms. The predicted molar refractivity (Wildman–Crippen MR) is 281 cm³/mol. The molecule has 1 unspecified atom stereocenters. The number of aromatic nitrogens is 3. The molecule has 5 aliphatic rings. The number of fused-ring (bicyclic) bond motifs is 2. The van der Waals surface area contributed by atoms with Gasteiger partial charge in [-0.1, -0.05) is 25.1 Å². The minimum absolute atomic E-state index is 0.0841. The number of carbonyl (C=O) groups is 3. The molecule has 368 valence electrons. The van der Waals surface area contributed by atoms with Gasteiger partial charge in [-0.15, -0.1) is 0 Å². The highest BCUT2D eigenvalue weighted by Gasteiger charge is 2.50. The maximum atomic E-state index is 14.5. The molecular weight excluding hydrogens is 968 g/mol. The summed E-state index contributed by atoms with van der Waals surface area (Å²) in [5.41, 5.74) is 7.95. The van der Waals surface area contributed by atoms with E-state index in [2.05, 4.69) is 82.8 Å². The van der Waals surface area contributed by atoms with Crippen LogP contribution in [0.2, 0.25) is 0 Å². The number of imide groups is 1. The molecule has 4 fully saturated rings. The Morgan fingerprint density at radius 1 is 0.886 bits per heavy atom. The summed E-state index contributed by atoms with van der Waals surface area (Å²) in [4.78, 5) is 62.3. The Kier molecular flexibility index (Phi) is 13.5. The molecule has 0 saturated carbocycles. The van der Waals surface area contributed by atoms with Gasteiger partial charge >= 0.3 is 0 Å². The average Bonchev–Trinajstić information content (AvgIpc) is 3.89. The summed E-state index contributed by atoms with van der Waals surface area (Å²) >= 11 is 3.67. The van der Waals surface area contributed by atoms with E-state index in [0.717, 1.165) is 134 Å². The SMILES string of the molecule is CCc1cc(Nc2ncc(Br)c(Nc3ccc4nc(C)ccc4c3P3(=O)CCCC3)n2)c(OC)cc1N1CCC(N2CCN(CCc3cccc4c3C(C)(C)C(=O)N4C3CCC(=O)NC3=O)CC2)CC1. The molecule has 17 heteroatoms. The standard InChI is InChI=1S/C53H64BrN10O5P/c1-6-34-30-41(58-52-55-32-38(54)49(60-52)57-40-15-14-39-37(13-12-33(2)56-39)48(40)70(68)28-7-8-29-70)45(69-5)31-44(34)63-22-19-36(20-23-63)62-26-24-61(25-27-62)21-18-35-10-9-11-42-47(35)53(3,4)51(67)64(42)43-16-17-46(65)59-50(43)66/h9-15,30-32,36,43H,6-8,16-29H2,1-5H3,(H,59,65,66)(H2,55,57,58,60). The van der Waals surface area contributed by atoms with Crippen LogP contribution in [0.4, 0.5) is 34.5 Å². The molecule has 0 radical (unpaired) electrons. The summed E-state index contributed by atoms with van der Waals surface area (Å²) in [6.07, 6.45) is 9.44. The van der Waals surface area contributed by atoms with Gasteiger partial charge in [0, 0.05) is 111 Å². The molecule has 3 amide bonds. The lowest BCUT2D eigenvalue weighted by molar-refractivity contribution is -0.136. The van der Waals surface area contributed by atoms with E-state index in [0.29, 0.717) is 46.8 Å². The Bertz CT molecular complexity index is 2910. The monoisotopic (exact) mass is 1030 g/mol. The smallest absolute Gasteiger partial charge is 0.249 e. The fourth-order valence-electron chi connectivity index (χ4n) is 11.7. The largest absolute Gasteiger partial charge is 0.494 e. The fraction of sp³-hybridized carbons (Fsp3) is 0.472. The van der Waals surface area contributed by atoms with E-state index in [9.17, 15) is 18.9 Å². The number of piperidine rings is 2. The Morgan fingerprint density at radius 3 is 2.39 bits per heavy atom.